The van der Waals surface area contributed by atoms with Gasteiger partial charge in [-0.1, -0.05) is 11.6 Å². The van der Waals surface area contributed by atoms with Gasteiger partial charge in [-0.3, -0.25) is 4.57 Å². The van der Waals surface area contributed by atoms with Crippen molar-refractivity contribution in [2.75, 3.05) is 0 Å². The van der Waals surface area contributed by atoms with E-state index in [4.69, 9.17) is 11.6 Å². The molecule has 0 aliphatic rings. The quantitative estimate of drug-likeness (QED) is 0.713. The topological polar surface area (TPSA) is 22.8 Å². The summed E-state index contributed by atoms with van der Waals surface area (Å²) in [5.41, 5.74) is 0.938. The van der Waals surface area contributed by atoms with Crippen LogP contribution in [0.1, 0.15) is 12.4 Å². The molecule has 0 aliphatic heterocycles. The van der Waals surface area contributed by atoms with Crippen molar-refractivity contribution >= 4 is 22.5 Å². The zero-order valence-electron chi connectivity index (χ0n) is 9.80. The molecular formula is C13H10ClF2N3. The van der Waals surface area contributed by atoms with E-state index >= 15 is 0 Å². The van der Waals surface area contributed by atoms with Gasteiger partial charge in [0, 0.05) is 34.5 Å². The summed E-state index contributed by atoms with van der Waals surface area (Å²) in [5, 5.41) is 1.63. The molecule has 0 bridgehead atoms. The van der Waals surface area contributed by atoms with Crippen molar-refractivity contribution in [1.82, 2.24) is 14.1 Å². The lowest BCUT2D eigenvalue weighted by atomic mass is 10.2. The number of rotatable bonds is 3. The smallest absolute Gasteiger partial charge is 0.319 e. The molecule has 98 valence electrons. The van der Waals surface area contributed by atoms with Gasteiger partial charge in [0.05, 0.1) is 6.54 Å². The predicted octanol–water partition coefficient (Wildman–Crippen LogP) is 3.93. The van der Waals surface area contributed by atoms with Crippen molar-refractivity contribution in [1.29, 1.82) is 0 Å². The van der Waals surface area contributed by atoms with Crippen LogP contribution in [0.15, 0.2) is 42.9 Å². The molecule has 0 amide bonds. The van der Waals surface area contributed by atoms with Crippen LogP contribution in [-0.2, 0) is 6.54 Å². The Morgan fingerprint density at radius 2 is 2.05 bits per heavy atom. The van der Waals surface area contributed by atoms with E-state index < -0.39 is 6.55 Å². The van der Waals surface area contributed by atoms with Gasteiger partial charge in [0.1, 0.15) is 5.82 Å². The molecule has 3 aromatic rings. The molecule has 0 saturated heterocycles. The third-order valence-electron chi connectivity index (χ3n) is 3.00. The summed E-state index contributed by atoms with van der Waals surface area (Å²) in [7, 11) is 0. The largest absolute Gasteiger partial charge is 0.340 e. The lowest BCUT2D eigenvalue weighted by Gasteiger charge is -2.08. The molecule has 0 unspecified atom stereocenters. The van der Waals surface area contributed by atoms with Gasteiger partial charge in [-0.25, -0.2) is 4.98 Å². The van der Waals surface area contributed by atoms with Gasteiger partial charge in [0.25, 0.3) is 0 Å². The van der Waals surface area contributed by atoms with Gasteiger partial charge in [-0.05, 0) is 24.3 Å². The van der Waals surface area contributed by atoms with E-state index in [0.29, 0.717) is 17.4 Å². The van der Waals surface area contributed by atoms with Crippen molar-refractivity contribution in [3.05, 3.63) is 53.7 Å². The maximum absolute atomic E-state index is 12.8. The molecule has 0 fully saturated rings. The van der Waals surface area contributed by atoms with Gasteiger partial charge in [-0.2, -0.15) is 8.78 Å². The minimum atomic E-state index is -2.58. The van der Waals surface area contributed by atoms with E-state index in [9.17, 15) is 8.78 Å². The third-order valence-corrected chi connectivity index (χ3v) is 3.24. The fraction of sp³-hybridized carbons (Fsp3) is 0.154. The Labute approximate surface area is 113 Å². The molecule has 0 radical (unpaired) electrons. The molecule has 1 aromatic carbocycles. The standard InChI is InChI=1S/C13H10ClF2N3/c14-10-1-2-11-9(7-10)3-5-18(11)8-12-17-4-6-19(12)13(15)16/h1-7,13H,8H2. The Morgan fingerprint density at radius 3 is 2.84 bits per heavy atom. The van der Waals surface area contributed by atoms with Crippen molar-refractivity contribution in [2.24, 2.45) is 0 Å². The summed E-state index contributed by atoms with van der Waals surface area (Å²) in [6, 6.07) is 7.39. The average molecular weight is 282 g/mol. The molecule has 3 rings (SSSR count). The lowest BCUT2D eigenvalue weighted by molar-refractivity contribution is 0.0667. The van der Waals surface area contributed by atoms with Crippen LogP contribution >= 0.6 is 11.6 Å². The highest BCUT2D eigenvalue weighted by Crippen LogP contribution is 2.22. The molecule has 2 heterocycles. The number of nitrogens with zero attached hydrogens (tertiary/aromatic N) is 3. The molecule has 19 heavy (non-hydrogen) atoms. The molecule has 0 aliphatic carbocycles. The summed E-state index contributed by atoms with van der Waals surface area (Å²) in [6.45, 7) is -2.28. The first-order valence-electron chi connectivity index (χ1n) is 5.69. The summed E-state index contributed by atoms with van der Waals surface area (Å²) < 4.78 is 28.2. The summed E-state index contributed by atoms with van der Waals surface area (Å²) in [5.74, 6) is 0.322. The number of halogens is 3. The van der Waals surface area contributed by atoms with Gasteiger partial charge < -0.3 is 4.57 Å². The highest BCUT2D eigenvalue weighted by molar-refractivity contribution is 6.31. The van der Waals surface area contributed by atoms with E-state index in [-0.39, 0.29) is 0 Å². The molecule has 3 nitrogen and oxygen atoms in total. The minimum absolute atomic E-state index is 0.294. The fourth-order valence-corrected chi connectivity index (χ4v) is 2.29. The van der Waals surface area contributed by atoms with E-state index in [1.807, 2.05) is 29.0 Å². The van der Waals surface area contributed by atoms with E-state index in [2.05, 4.69) is 4.98 Å². The second kappa shape index (κ2) is 4.66. The first-order chi connectivity index (χ1) is 9.15. The number of benzene rings is 1. The van der Waals surface area contributed by atoms with Crippen LogP contribution in [0.25, 0.3) is 10.9 Å². The number of imidazole rings is 1. The fourth-order valence-electron chi connectivity index (χ4n) is 2.11. The molecule has 6 heteroatoms. The van der Waals surface area contributed by atoms with Crippen LogP contribution < -0.4 is 0 Å². The zero-order valence-corrected chi connectivity index (χ0v) is 10.6. The van der Waals surface area contributed by atoms with Gasteiger partial charge >= 0.3 is 6.55 Å². The molecule has 0 spiro atoms. The van der Waals surface area contributed by atoms with Crippen LogP contribution in [0.4, 0.5) is 8.78 Å². The predicted molar refractivity (Wildman–Crippen MR) is 69.5 cm³/mol. The van der Waals surface area contributed by atoms with Crippen LogP contribution in [0.2, 0.25) is 5.02 Å². The molecule has 0 atom stereocenters. The van der Waals surface area contributed by atoms with Crippen molar-refractivity contribution in [2.45, 2.75) is 13.1 Å². The number of hydrogen-bond donors (Lipinski definition) is 0. The van der Waals surface area contributed by atoms with E-state index in [1.54, 1.807) is 6.07 Å². The second-order valence-corrected chi connectivity index (χ2v) is 4.61. The lowest BCUT2D eigenvalue weighted by Crippen LogP contribution is -2.08. The Morgan fingerprint density at radius 1 is 1.21 bits per heavy atom. The SMILES string of the molecule is FC(F)n1ccnc1Cn1ccc2cc(Cl)ccc21. The van der Waals surface area contributed by atoms with E-state index in [0.717, 1.165) is 15.5 Å². The zero-order chi connectivity index (χ0) is 13.4. The average Bonchev–Trinajstić information content (AvgIpc) is 2.97. The van der Waals surface area contributed by atoms with Crippen molar-refractivity contribution < 1.29 is 8.78 Å². The first kappa shape index (κ1) is 12.2. The molecular weight excluding hydrogens is 272 g/mol. The van der Waals surface area contributed by atoms with Crippen LogP contribution in [0.3, 0.4) is 0 Å². The normalized spacial score (nSPS) is 11.6. The Kier molecular flexibility index (Phi) is 2.98. The van der Waals surface area contributed by atoms with Gasteiger partial charge in [0.2, 0.25) is 0 Å². The Balaban J connectivity index is 1.99. The highest BCUT2D eigenvalue weighted by Gasteiger charge is 2.12. The molecule has 0 saturated carbocycles. The van der Waals surface area contributed by atoms with Crippen LogP contribution in [-0.4, -0.2) is 14.1 Å². The molecule has 0 N–H and O–H groups in total. The van der Waals surface area contributed by atoms with Crippen LogP contribution in [0, 0.1) is 0 Å². The number of hydrogen-bond acceptors (Lipinski definition) is 1. The Bertz CT molecular complexity index is 718. The van der Waals surface area contributed by atoms with Gasteiger partial charge in [-0.15, -0.1) is 0 Å². The third kappa shape index (κ3) is 2.21. The minimum Gasteiger partial charge on any atom is -0.340 e. The number of fused-ring (bicyclic) bond motifs is 1. The molecule has 2 aromatic heterocycles. The van der Waals surface area contributed by atoms with Crippen LogP contribution in [0.5, 0.6) is 0 Å². The number of alkyl halides is 2. The summed E-state index contributed by atoms with van der Waals surface area (Å²) in [4.78, 5) is 3.97. The van der Waals surface area contributed by atoms with Gasteiger partial charge in [0.15, 0.2) is 0 Å². The first-order valence-corrected chi connectivity index (χ1v) is 6.07. The highest BCUT2D eigenvalue weighted by atomic mass is 35.5. The second-order valence-electron chi connectivity index (χ2n) is 4.18. The maximum atomic E-state index is 12.8. The van der Waals surface area contributed by atoms with E-state index in [1.165, 1.54) is 12.4 Å². The summed E-state index contributed by atoms with van der Waals surface area (Å²) >= 11 is 5.91. The maximum Gasteiger partial charge on any atom is 0.319 e. The Hall–Kier alpha value is -1.88. The monoisotopic (exact) mass is 281 g/mol. The summed E-state index contributed by atoms with van der Waals surface area (Å²) in [6.07, 6.45) is 4.50. The number of aromatic nitrogens is 3. The van der Waals surface area contributed by atoms with Crippen molar-refractivity contribution in [3.63, 3.8) is 0 Å². The van der Waals surface area contributed by atoms with Crippen molar-refractivity contribution in [3.8, 4) is 0 Å².